The van der Waals surface area contributed by atoms with Gasteiger partial charge in [0.05, 0.1) is 36.6 Å². The number of carbonyl (C=O) groups excluding carboxylic acids is 1. The van der Waals surface area contributed by atoms with Gasteiger partial charge in [0, 0.05) is 10.6 Å². The summed E-state index contributed by atoms with van der Waals surface area (Å²) in [7, 11) is 3.15. The van der Waals surface area contributed by atoms with Crippen molar-refractivity contribution in [3.8, 4) is 11.5 Å². The Labute approximate surface area is 227 Å². The highest BCUT2D eigenvalue weighted by atomic mass is 35.5. The first-order valence-corrected chi connectivity index (χ1v) is 13.2. The van der Waals surface area contributed by atoms with Crippen LogP contribution in [0.5, 0.6) is 11.5 Å². The van der Waals surface area contributed by atoms with Crippen LogP contribution in [0.1, 0.15) is 31.0 Å². The summed E-state index contributed by atoms with van der Waals surface area (Å²) in [6, 6.07) is 15.9. The quantitative estimate of drug-likeness (QED) is 0.328. The maximum Gasteiger partial charge on any atom is 0.338 e. The molecule has 0 amide bonds. The van der Waals surface area contributed by atoms with Gasteiger partial charge in [0.1, 0.15) is 17.5 Å². The number of allylic oxidation sites excluding steroid dienone is 1. The molecule has 0 bridgehead atoms. The molecule has 38 heavy (non-hydrogen) atoms. The number of fused-ring (bicyclic) bond motifs is 2. The molecule has 0 N–H and O–H groups in total. The zero-order chi connectivity index (χ0) is 27.0. The second-order valence-electron chi connectivity index (χ2n) is 8.59. The number of ether oxygens (including phenoxy) is 3. The average Bonchev–Trinajstić information content (AvgIpc) is 3.22. The summed E-state index contributed by atoms with van der Waals surface area (Å²) < 4.78 is 18.7. The SMILES string of the molecule is CCOC(=O)C1=C(C)N=c2sc(=Cc3ccccc3Cl)c(=O)n2C1c1c(OC)ccc2ccc(OC)cc12. The molecule has 0 fully saturated rings. The Bertz CT molecular complexity index is 1780. The lowest BCUT2D eigenvalue weighted by molar-refractivity contribution is -0.139. The number of hydrogen-bond donors (Lipinski definition) is 0. The third kappa shape index (κ3) is 4.40. The molecular formula is C29H25ClN2O5S. The number of hydrogen-bond acceptors (Lipinski definition) is 7. The van der Waals surface area contributed by atoms with E-state index in [1.807, 2.05) is 48.5 Å². The number of carbonyl (C=O) groups is 1. The first-order chi connectivity index (χ1) is 18.4. The summed E-state index contributed by atoms with van der Waals surface area (Å²) in [5.41, 5.74) is 1.81. The molecule has 0 saturated heterocycles. The number of methoxy groups -OCH3 is 2. The van der Waals surface area contributed by atoms with Crippen LogP contribution in [0.2, 0.25) is 5.02 Å². The van der Waals surface area contributed by atoms with Crippen LogP contribution in [0.15, 0.2) is 75.7 Å². The molecule has 194 valence electrons. The fourth-order valence-corrected chi connectivity index (χ4v) is 5.91. The second kappa shape index (κ2) is 10.5. The number of thiazole rings is 1. The first-order valence-electron chi connectivity index (χ1n) is 12.0. The summed E-state index contributed by atoms with van der Waals surface area (Å²) in [5.74, 6) is 0.616. The molecule has 2 heterocycles. The molecule has 0 aliphatic carbocycles. The second-order valence-corrected chi connectivity index (χ2v) is 10.0. The van der Waals surface area contributed by atoms with Gasteiger partial charge in [-0.15, -0.1) is 0 Å². The van der Waals surface area contributed by atoms with E-state index in [9.17, 15) is 9.59 Å². The normalized spacial score (nSPS) is 15.3. The van der Waals surface area contributed by atoms with Crippen molar-refractivity contribution in [1.29, 1.82) is 0 Å². The van der Waals surface area contributed by atoms with Crippen molar-refractivity contribution in [3.05, 3.63) is 102 Å². The van der Waals surface area contributed by atoms with Crippen molar-refractivity contribution in [2.24, 2.45) is 4.99 Å². The van der Waals surface area contributed by atoms with E-state index < -0.39 is 12.0 Å². The summed E-state index contributed by atoms with van der Waals surface area (Å²) in [4.78, 5) is 32.5. The monoisotopic (exact) mass is 548 g/mol. The minimum absolute atomic E-state index is 0.180. The van der Waals surface area contributed by atoms with E-state index in [2.05, 4.69) is 4.99 Å². The minimum atomic E-state index is -0.843. The van der Waals surface area contributed by atoms with Gasteiger partial charge in [-0.1, -0.05) is 53.3 Å². The lowest BCUT2D eigenvalue weighted by Gasteiger charge is -2.27. The van der Waals surface area contributed by atoms with Crippen LogP contribution in [0.4, 0.5) is 0 Å². The molecule has 1 aliphatic rings. The van der Waals surface area contributed by atoms with E-state index in [0.29, 0.717) is 42.7 Å². The van der Waals surface area contributed by atoms with Gasteiger partial charge in [0.2, 0.25) is 0 Å². The fraction of sp³-hybridized carbons (Fsp3) is 0.207. The molecular weight excluding hydrogens is 524 g/mol. The van der Waals surface area contributed by atoms with E-state index in [1.165, 1.54) is 11.3 Å². The highest BCUT2D eigenvalue weighted by Crippen LogP contribution is 2.41. The van der Waals surface area contributed by atoms with Gasteiger partial charge >= 0.3 is 5.97 Å². The van der Waals surface area contributed by atoms with Gasteiger partial charge in [0.25, 0.3) is 5.56 Å². The average molecular weight is 549 g/mol. The van der Waals surface area contributed by atoms with Crippen molar-refractivity contribution in [2.45, 2.75) is 19.9 Å². The van der Waals surface area contributed by atoms with Crippen LogP contribution in [-0.2, 0) is 9.53 Å². The van der Waals surface area contributed by atoms with E-state index in [4.69, 9.17) is 25.8 Å². The van der Waals surface area contributed by atoms with Gasteiger partial charge in [-0.2, -0.15) is 0 Å². The van der Waals surface area contributed by atoms with Crippen molar-refractivity contribution >= 4 is 45.8 Å². The fourth-order valence-electron chi connectivity index (χ4n) is 4.69. The number of rotatable bonds is 6. The Morgan fingerprint density at radius 1 is 1.13 bits per heavy atom. The maximum absolute atomic E-state index is 14.0. The number of aromatic nitrogens is 1. The van der Waals surface area contributed by atoms with Crippen LogP contribution < -0.4 is 24.4 Å². The third-order valence-electron chi connectivity index (χ3n) is 6.43. The van der Waals surface area contributed by atoms with Gasteiger partial charge < -0.3 is 14.2 Å². The van der Waals surface area contributed by atoms with Crippen molar-refractivity contribution in [2.75, 3.05) is 20.8 Å². The molecule has 0 radical (unpaired) electrons. The molecule has 9 heteroatoms. The van der Waals surface area contributed by atoms with E-state index in [1.54, 1.807) is 44.8 Å². The Morgan fingerprint density at radius 3 is 2.61 bits per heavy atom. The van der Waals surface area contributed by atoms with E-state index >= 15 is 0 Å². The smallest absolute Gasteiger partial charge is 0.338 e. The number of benzene rings is 3. The Kier molecular flexibility index (Phi) is 7.10. The Balaban J connectivity index is 1.88. The van der Waals surface area contributed by atoms with Crippen molar-refractivity contribution in [1.82, 2.24) is 4.57 Å². The molecule has 4 aromatic rings. The predicted octanol–water partition coefficient (Wildman–Crippen LogP) is 4.62. The Hall–Kier alpha value is -3.88. The number of nitrogens with zero attached hydrogens (tertiary/aromatic N) is 2. The summed E-state index contributed by atoms with van der Waals surface area (Å²) in [6.07, 6.45) is 1.75. The van der Waals surface area contributed by atoms with Crippen molar-refractivity contribution < 1.29 is 19.0 Å². The highest BCUT2D eigenvalue weighted by Gasteiger charge is 2.36. The lowest BCUT2D eigenvalue weighted by atomic mass is 9.90. The summed E-state index contributed by atoms with van der Waals surface area (Å²) >= 11 is 7.62. The maximum atomic E-state index is 14.0. The Morgan fingerprint density at radius 2 is 1.89 bits per heavy atom. The standard InChI is InChI=1S/C29H25ClN2O5S/c1-5-37-28(34)24-16(2)31-29-32(27(33)23(38-29)14-18-8-6-7-9-21(18)30)26(24)25-20-15-19(35-3)12-10-17(20)11-13-22(25)36-4/h6-15,26H,5H2,1-4H3. The molecule has 1 aliphatic heterocycles. The summed E-state index contributed by atoms with van der Waals surface area (Å²) in [5, 5.41) is 2.21. The van der Waals surface area contributed by atoms with Gasteiger partial charge in [0.15, 0.2) is 4.80 Å². The van der Waals surface area contributed by atoms with Crippen LogP contribution in [0.25, 0.3) is 16.8 Å². The van der Waals surface area contributed by atoms with Gasteiger partial charge in [-0.05, 0) is 60.5 Å². The van der Waals surface area contributed by atoms with Crippen LogP contribution in [0, 0.1) is 0 Å². The van der Waals surface area contributed by atoms with Crippen LogP contribution >= 0.6 is 22.9 Å². The van der Waals surface area contributed by atoms with E-state index in [0.717, 1.165) is 10.8 Å². The van der Waals surface area contributed by atoms with E-state index in [-0.39, 0.29) is 17.7 Å². The van der Waals surface area contributed by atoms with Crippen LogP contribution in [0.3, 0.4) is 0 Å². The number of esters is 1. The largest absolute Gasteiger partial charge is 0.497 e. The molecule has 7 nitrogen and oxygen atoms in total. The van der Waals surface area contributed by atoms with Crippen LogP contribution in [-0.4, -0.2) is 31.4 Å². The highest BCUT2D eigenvalue weighted by molar-refractivity contribution is 7.07. The number of halogens is 1. The molecule has 1 atom stereocenters. The lowest BCUT2D eigenvalue weighted by Crippen LogP contribution is -2.40. The topological polar surface area (TPSA) is 79.1 Å². The van der Waals surface area contributed by atoms with Crippen molar-refractivity contribution in [3.63, 3.8) is 0 Å². The molecule has 3 aromatic carbocycles. The zero-order valence-corrected chi connectivity index (χ0v) is 22.9. The first kappa shape index (κ1) is 25.8. The molecule has 0 saturated carbocycles. The molecule has 0 spiro atoms. The predicted molar refractivity (Wildman–Crippen MR) is 149 cm³/mol. The zero-order valence-electron chi connectivity index (χ0n) is 21.3. The molecule has 1 unspecified atom stereocenters. The van der Waals surface area contributed by atoms with Gasteiger partial charge in [-0.25, -0.2) is 9.79 Å². The molecule has 1 aromatic heterocycles. The summed E-state index contributed by atoms with van der Waals surface area (Å²) in [6.45, 7) is 3.67. The molecule has 5 rings (SSSR count). The third-order valence-corrected chi connectivity index (χ3v) is 7.76. The minimum Gasteiger partial charge on any atom is -0.497 e. The van der Waals surface area contributed by atoms with Gasteiger partial charge in [-0.3, -0.25) is 9.36 Å².